The van der Waals surface area contributed by atoms with Gasteiger partial charge < -0.3 is 9.84 Å². The van der Waals surface area contributed by atoms with Crippen molar-refractivity contribution in [1.29, 1.82) is 0 Å². The highest BCUT2D eigenvalue weighted by Gasteiger charge is 2.40. The highest BCUT2D eigenvalue weighted by atomic mass is 16.5. The number of carbonyl (C=O) groups is 1. The zero-order valence-corrected chi connectivity index (χ0v) is 19.0. The number of hydrogen-bond donors (Lipinski definition) is 1. The molecule has 1 heterocycles. The second-order valence-electron chi connectivity index (χ2n) is 9.91. The van der Waals surface area contributed by atoms with E-state index in [0.717, 1.165) is 41.0 Å². The second-order valence-corrected chi connectivity index (χ2v) is 9.91. The molecule has 1 N–H and O–H groups in total. The minimum Gasteiger partial charge on any atom is -0.361 e. The Morgan fingerprint density at radius 2 is 2.00 bits per heavy atom. The van der Waals surface area contributed by atoms with E-state index in [4.69, 9.17) is 4.52 Å². The predicted molar refractivity (Wildman–Crippen MR) is 121 cm³/mol. The molecule has 4 heteroatoms. The van der Waals surface area contributed by atoms with Crippen molar-refractivity contribution < 1.29 is 9.32 Å². The Kier molecular flexibility index (Phi) is 6.31. The van der Waals surface area contributed by atoms with Gasteiger partial charge >= 0.3 is 0 Å². The normalized spacial score (nSPS) is 21.0. The second kappa shape index (κ2) is 8.95. The zero-order chi connectivity index (χ0) is 21.3. The van der Waals surface area contributed by atoms with Crippen molar-refractivity contribution in [3.05, 3.63) is 46.3 Å². The van der Waals surface area contributed by atoms with Crippen molar-refractivity contribution in [3.63, 3.8) is 0 Å². The standard InChI is InChI=1S/C26H36N2O2/c1-5-19-7-6-17(4)13-23(19)27-24(29)11-10-22-25(20-8-9-20)26(30-28-22)21-14-18(15-21)12-16(2)3/h6-7,13,16,18,20-21H,5,8-12,14-15H2,1-4H3,(H,27,29). The van der Waals surface area contributed by atoms with E-state index in [1.165, 1.54) is 43.2 Å². The van der Waals surface area contributed by atoms with Gasteiger partial charge in [-0.05, 0) is 80.4 Å². The molecule has 4 rings (SSSR count). The number of nitrogens with one attached hydrogen (secondary N) is 1. The zero-order valence-electron chi connectivity index (χ0n) is 19.0. The van der Waals surface area contributed by atoms with Gasteiger partial charge in [0.15, 0.2) is 0 Å². The molecule has 2 aliphatic carbocycles. The summed E-state index contributed by atoms with van der Waals surface area (Å²) in [5, 5.41) is 7.55. The molecule has 0 bridgehead atoms. The average molecular weight is 409 g/mol. The quantitative estimate of drug-likeness (QED) is 0.513. The van der Waals surface area contributed by atoms with Crippen molar-refractivity contribution in [2.24, 2.45) is 11.8 Å². The fourth-order valence-corrected chi connectivity index (χ4v) is 5.00. The summed E-state index contributed by atoms with van der Waals surface area (Å²) in [6.45, 7) is 8.78. The van der Waals surface area contributed by atoms with Gasteiger partial charge in [0.05, 0.1) is 5.69 Å². The molecule has 1 aromatic carbocycles. The Hall–Kier alpha value is -2.10. The number of anilines is 1. The summed E-state index contributed by atoms with van der Waals surface area (Å²) in [6, 6.07) is 6.26. The van der Waals surface area contributed by atoms with Crippen molar-refractivity contribution in [3.8, 4) is 0 Å². The van der Waals surface area contributed by atoms with Gasteiger partial charge in [-0.2, -0.15) is 0 Å². The van der Waals surface area contributed by atoms with Gasteiger partial charge in [-0.25, -0.2) is 0 Å². The SMILES string of the molecule is CCc1ccc(C)cc1NC(=O)CCc1noc(C2CC(CC(C)C)C2)c1C1CC1. The minimum absolute atomic E-state index is 0.0576. The molecule has 0 spiro atoms. The molecule has 0 saturated heterocycles. The predicted octanol–water partition coefficient (Wildman–Crippen LogP) is 6.53. The molecule has 0 aliphatic heterocycles. The number of benzene rings is 1. The summed E-state index contributed by atoms with van der Waals surface area (Å²) in [5.41, 5.74) is 5.65. The number of carbonyl (C=O) groups excluding carboxylic acids is 1. The minimum atomic E-state index is 0.0576. The Morgan fingerprint density at radius 1 is 1.23 bits per heavy atom. The smallest absolute Gasteiger partial charge is 0.224 e. The first kappa shape index (κ1) is 21.1. The Morgan fingerprint density at radius 3 is 2.67 bits per heavy atom. The summed E-state index contributed by atoms with van der Waals surface area (Å²) in [6.07, 6.45) is 8.28. The third-order valence-electron chi connectivity index (χ3n) is 6.74. The molecule has 1 aromatic heterocycles. The number of aryl methyl sites for hydroxylation is 3. The number of rotatable bonds is 9. The van der Waals surface area contributed by atoms with Crippen molar-refractivity contribution in [2.45, 2.75) is 90.9 Å². The van der Waals surface area contributed by atoms with Crippen LogP contribution >= 0.6 is 0 Å². The van der Waals surface area contributed by atoms with Crippen molar-refractivity contribution >= 4 is 11.6 Å². The highest BCUT2D eigenvalue weighted by molar-refractivity contribution is 5.91. The first-order chi connectivity index (χ1) is 14.4. The van der Waals surface area contributed by atoms with Gasteiger partial charge in [0.1, 0.15) is 5.76 Å². The lowest BCUT2D eigenvalue weighted by molar-refractivity contribution is -0.116. The third-order valence-corrected chi connectivity index (χ3v) is 6.74. The first-order valence-corrected chi connectivity index (χ1v) is 11.8. The molecule has 0 atom stereocenters. The number of aromatic nitrogens is 1. The summed E-state index contributed by atoms with van der Waals surface area (Å²) in [4.78, 5) is 12.6. The molecular weight excluding hydrogens is 372 g/mol. The monoisotopic (exact) mass is 408 g/mol. The number of amides is 1. The fraction of sp³-hybridized carbons (Fsp3) is 0.615. The van der Waals surface area contributed by atoms with E-state index in [1.807, 2.05) is 0 Å². The van der Waals surface area contributed by atoms with Crippen LogP contribution in [0.3, 0.4) is 0 Å². The van der Waals surface area contributed by atoms with Crippen LogP contribution in [0.15, 0.2) is 22.7 Å². The molecule has 0 unspecified atom stereocenters. The van der Waals surface area contributed by atoms with E-state index in [1.54, 1.807) is 0 Å². The van der Waals surface area contributed by atoms with E-state index in [-0.39, 0.29) is 5.91 Å². The molecule has 162 valence electrons. The van der Waals surface area contributed by atoms with Crippen LogP contribution in [0.5, 0.6) is 0 Å². The van der Waals surface area contributed by atoms with Crippen LogP contribution in [0.1, 0.15) is 99.3 Å². The van der Waals surface area contributed by atoms with Gasteiger partial charge in [0.2, 0.25) is 5.91 Å². The topological polar surface area (TPSA) is 55.1 Å². The summed E-state index contributed by atoms with van der Waals surface area (Å²) < 4.78 is 5.88. The summed E-state index contributed by atoms with van der Waals surface area (Å²) in [7, 11) is 0. The van der Waals surface area contributed by atoms with Crippen LogP contribution in [0.4, 0.5) is 5.69 Å². The number of hydrogen-bond acceptors (Lipinski definition) is 3. The molecular formula is C26H36N2O2. The van der Waals surface area contributed by atoms with E-state index < -0.39 is 0 Å². The Balaban J connectivity index is 1.38. The van der Waals surface area contributed by atoms with Gasteiger partial charge in [-0.1, -0.05) is 38.1 Å². The molecule has 2 aromatic rings. The van der Waals surface area contributed by atoms with E-state index >= 15 is 0 Å². The van der Waals surface area contributed by atoms with Crippen LogP contribution in [-0.4, -0.2) is 11.1 Å². The van der Waals surface area contributed by atoms with Gasteiger partial charge in [-0.3, -0.25) is 4.79 Å². The van der Waals surface area contributed by atoms with Crippen molar-refractivity contribution in [1.82, 2.24) is 5.16 Å². The third kappa shape index (κ3) is 4.79. The number of nitrogens with zero attached hydrogens (tertiary/aromatic N) is 1. The van der Waals surface area contributed by atoms with Gasteiger partial charge in [0.25, 0.3) is 0 Å². The molecule has 30 heavy (non-hydrogen) atoms. The lowest BCUT2D eigenvalue weighted by Crippen LogP contribution is -2.23. The molecule has 4 nitrogen and oxygen atoms in total. The molecule has 1 amide bonds. The van der Waals surface area contributed by atoms with Crippen LogP contribution in [0.2, 0.25) is 0 Å². The lowest BCUT2D eigenvalue weighted by atomic mass is 9.69. The maximum atomic E-state index is 12.6. The van der Waals surface area contributed by atoms with E-state index in [0.29, 0.717) is 24.7 Å². The summed E-state index contributed by atoms with van der Waals surface area (Å²) in [5.74, 6) is 3.95. The van der Waals surface area contributed by atoms with Crippen LogP contribution < -0.4 is 5.32 Å². The van der Waals surface area contributed by atoms with Gasteiger partial charge in [-0.15, -0.1) is 0 Å². The molecule has 0 radical (unpaired) electrons. The Bertz CT molecular complexity index is 888. The van der Waals surface area contributed by atoms with Crippen LogP contribution in [-0.2, 0) is 17.6 Å². The molecule has 2 saturated carbocycles. The largest absolute Gasteiger partial charge is 0.361 e. The van der Waals surface area contributed by atoms with Gasteiger partial charge in [0, 0.05) is 30.0 Å². The van der Waals surface area contributed by atoms with E-state index in [9.17, 15) is 4.79 Å². The average Bonchev–Trinajstić information content (AvgIpc) is 3.42. The maximum absolute atomic E-state index is 12.6. The van der Waals surface area contributed by atoms with Crippen LogP contribution in [0, 0.1) is 18.8 Å². The van der Waals surface area contributed by atoms with Crippen molar-refractivity contribution in [2.75, 3.05) is 5.32 Å². The first-order valence-electron chi connectivity index (χ1n) is 11.8. The molecule has 2 aliphatic rings. The maximum Gasteiger partial charge on any atom is 0.224 e. The van der Waals surface area contributed by atoms with E-state index in [2.05, 4.69) is 56.4 Å². The highest BCUT2D eigenvalue weighted by Crippen LogP contribution is 2.51. The lowest BCUT2D eigenvalue weighted by Gasteiger charge is -2.35. The van der Waals surface area contributed by atoms with Crippen LogP contribution in [0.25, 0.3) is 0 Å². The summed E-state index contributed by atoms with van der Waals surface area (Å²) >= 11 is 0. The fourth-order valence-electron chi connectivity index (χ4n) is 5.00. The molecule has 2 fully saturated rings. The Labute approximate surface area is 180 Å².